The second kappa shape index (κ2) is 7.43. The summed E-state index contributed by atoms with van der Waals surface area (Å²) < 4.78 is 0. The minimum absolute atomic E-state index is 0.0101. The van der Waals surface area contributed by atoms with Crippen LogP contribution in [0.4, 0.5) is 5.69 Å². The number of anilines is 1. The highest BCUT2D eigenvalue weighted by atomic mass is 16.2. The van der Waals surface area contributed by atoms with E-state index >= 15 is 0 Å². The monoisotopic (exact) mass is 302 g/mol. The first-order chi connectivity index (χ1) is 10.6. The standard InChI is InChI=1S/C18H26N2O2/c1-4-6-10-19-18(22)15-11-16(21)20(12-15)17-13(3)8-7-9-14(17)5-2/h7-9,15H,4-6,10-12H2,1-3H3,(H,19,22). The summed E-state index contributed by atoms with van der Waals surface area (Å²) in [5, 5.41) is 2.94. The normalized spacial score (nSPS) is 17.9. The molecule has 0 saturated carbocycles. The Balaban J connectivity index is 2.12. The number of carbonyl (C=O) groups is 2. The number of benzene rings is 1. The van der Waals surface area contributed by atoms with E-state index in [1.807, 2.05) is 19.1 Å². The van der Waals surface area contributed by atoms with Crippen molar-refractivity contribution < 1.29 is 9.59 Å². The van der Waals surface area contributed by atoms with E-state index in [9.17, 15) is 9.59 Å². The quantitative estimate of drug-likeness (QED) is 0.822. The Morgan fingerprint density at radius 2 is 2.14 bits per heavy atom. The van der Waals surface area contributed by atoms with E-state index in [1.54, 1.807) is 4.90 Å². The molecule has 0 spiro atoms. The Morgan fingerprint density at radius 3 is 2.82 bits per heavy atom. The van der Waals surface area contributed by atoms with Crippen LogP contribution in [0.3, 0.4) is 0 Å². The third-order valence-electron chi connectivity index (χ3n) is 4.30. The third-order valence-corrected chi connectivity index (χ3v) is 4.30. The number of hydrogen-bond acceptors (Lipinski definition) is 2. The van der Waals surface area contributed by atoms with Crippen LogP contribution in [-0.4, -0.2) is 24.9 Å². The first kappa shape index (κ1) is 16.5. The predicted octanol–water partition coefficient (Wildman–Crippen LogP) is 2.83. The molecule has 1 aliphatic heterocycles. The van der Waals surface area contributed by atoms with Crippen LogP contribution < -0.4 is 10.2 Å². The first-order valence-corrected chi connectivity index (χ1v) is 8.25. The topological polar surface area (TPSA) is 49.4 Å². The van der Waals surface area contributed by atoms with Crippen molar-refractivity contribution in [3.63, 3.8) is 0 Å². The molecule has 1 heterocycles. The molecular weight excluding hydrogens is 276 g/mol. The zero-order valence-electron chi connectivity index (χ0n) is 13.8. The fourth-order valence-corrected chi connectivity index (χ4v) is 3.02. The number of hydrogen-bond donors (Lipinski definition) is 1. The zero-order valence-corrected chi connectivity index (χ0v) is 13.8. The number of para-hydroxylation sites is 1. The number of rotatable bonds is 6. The number of amides is 2. The van der Waals surface area contributed by atoms with E-state index in [4.69, 9.17) is 0 Å². The fourth-order valence-electron chi connectivity index (χ4n) is 3.02. The summed E-state index contributed by atoms with van der Waals surface area (Å²) in [7, 11) is 0. The lowest BCUT2D eigenvalue weighted by molar-refractivity contribution is -0.126. The summed E-state index contributed by atoms with van der Waals surface area (Å²) in [5.41, 5.74) is 3.26. The minimum atomic E-state index is -0.228. The highest BCUT2D eigenvalue weighted by Gasteiger charge is 2.36. The van der Waals surface area contributed by atoms with Gasteiger partial charge in [0.05, 0.1) is 5.92 Å². The lowest BCUT2D eigenvalue weighted by Crippen LogP contribution is -2.33. The van der Waals surface area contributed by atoms with Crippen molar-refractivity contribution in [2.45, 2.75) is 46.5 Å². The van der Waals surface area contributed by atoms with Crippen LogP contribution in [0.5, 0.6) is 0 Å². The Hall–Kier alpha value is -1.84. The molecule has 4 heteroatoms. The Labute approximate surface area is 132 Å². The van der Waals surface area contributed by atoms with Crippen LogP contribution >= 0.6 is 0 Å². The fraction of sp³-hybridized carbons (Fsp3) is 0.556. The molecule has 0 bridgehead atoms. The predicted molar refractivity (Wildman–Crippen MR) is 88.9 cm³/mol. The van der Waals surface area contributed by atoms with Gasteiger partial charge in [0.25, 0.3) is 0 Å². The van der Waals surface area contributed by atoms with Gasteiger partial charge in [-0.25, -0.2) is 0 Å². The second-order valence-electron chi connectivity index (χ2n) is 5.99. The molecule has 0 aromatic heterocycles. The molecule has 22 heavy (non-hydrogen) atoms. The van der Waals surface area contributed by atoms with Crippen LogP contribution in [0.25, 0.3) is 0 Å². The number of carbonyl (C=O) groups excluding carboxylic acids is 2. The van der Waals surface area contributed by atoms with Crippen molar-refractivity contribution in [3.05, 3.63) is 29.3 Å². The molecule has 1 aliphatic rings. The molecule has 120 valence electrons. The average molecular weight is 302 g/mol. The van der Waals surface area contributed by atoms with Gasteiger partial charge in [-0.05, 0) is 30.9 Å². The number of aryl methyl sites for hydroxylation is 2. The maximum atomic E-state index is 12.4. The maximum absolute atomic E-state index is 12.4. The van der Waals surface area contributed by atoms with Gasteiger partial charge in [0.2, 0.25) is 11.8 Å². The molecule has 1 aromatic rings. The Kier molecular flexibility index (Phi) is 5.58. The highest BCUT2D eigenvalue weighted by Crippen LogP contribution is 2.31. The van der Waals surface area contributed by atoms with E-state index in [2.05, 4.69) is 25.2 Å². The van der Waals surface area contributed by atoms with Gasteiger partial charge in [-0.2, -0.15) is 0 Å². The molecule has 1 N–H and O–H groups in total. The number of nitrogens with zero attached hydrogens (tertiary/aromatic N) is 1. The van der Waals surface area contributed by atoms with Crippen molar-refractivity contribution in [1.29, 1.82) is 0 Å². The molecule has 1 unspecified atom stereocenters. The van der Waals surface area contributed by atoms with Gasteiger partial charge in [0.15, 0.2) is 0 Å². The Morgan fingerprint density at radius 1 is 1.36 bits per heavy atom. The molecule has 2 rings (SSSR count). The van der Waals surface area contributed by atoms with Crippen molar-refractivity contribution >= 4 is 17.5 Å². The summed E-state index contributed by atoms with van der Waals surface area (Å²) in [6.45, 7) is 7.40. The molecule has 1 saturated heterocycles. The van der Waals surface area contributed by atoms with Crippen molar-refractivity contribution in [1.82, 2.24) is 5.32 Å². The second-order valence-corrected chi connectivity index (χ2v) is 5.99. The maximum Gasteiger partial charge on any atom is 0.227 e. The largest absolute Gasteiger partial charge is 0.356 e. The molecule has 0 radical (unpaired) electrons. The van der Waals surface area contributed by atoms with Crippen LogP contribution in [0, 0.1) is 12.8 Å². The van der Waals surface area contributed by atoms with Gasteiger partial charge in [0.1, 0.15) is 0 Å². The summed E-state index contributed by atoms with van der Waals surface area (Å²) in [4.78, 5) is 26.4. The lowest BCUT2D eigenvalue weighted by Gasteiger charge is -2.22. The minimum Gasteiger partial charge on any atom is -0.356 e. The molecule has 1 aromatic carbocycles. The highest BCUT2D eigenvalue weighted by molar-refractivity contribution is 6.01. The zero-order chi connectivity index (χ0) is 16.1. The molecule has 1 atom stereocenters. The Bertz CT molecular complexity index is 554. The van der Waals surface area contributed by atoms with Gasteiger partial charge < -0.3 is 10.2 Å². The molecule has 0 aliphatic carbocycles. The third kappa shape index (κ3) is 3.49. The van der Waals surface area contributed by atoms with Crippen LogP contribution in [-0.2, 0) is 16.0 Å². The summed E-state index contributed by atoms with van der Waals surface area (Å²) in [6.07, 6.45) is 3.23. The smallest absolute Gasteiger partial charge is 0.227 e. The van der Waals surface area contributed by atoms with E-state index < -0.39 is 0 Å². The first-order valence-electron chi connectivity index (χ1n) is 8.25. The van der Waals surface area contributed by atoms with E-state index in [1.165, 1.54) is 5.56 Å². The summed E-state index contributed by atoms with van der Waals surface area (Å²) in [6, 6.07) is 6.10. The van der Waals surface area contributed by atoms with E-state index in [0.717, 1.165) is 30.5 Å². The van der Waals surface area contributed by atoms with Gasteiger partial charge >= 0.3 is 0 Å². The van der Waals surface area contributed by atoms with Gasteiger partial charge in [0, 0.05) is 25.2 Å². The van der Waals surface area contributed by atoms with Crippen molar-refractivity contribution in [2.24, 2.45) is 5.92 Å². The van der Waals surface area contributed by atoms with Crippen molar-refractivity contribution in [2.75, 3.05) is 18.0 Å². The SMILES string of the molecule is CCCCNC(=O)C1CC(=O)N(c2c(C)cccc2CC)C1. The average Bonchev–Trinajstić information content (AvgIpc) is 2.88. The summed E-state index contributed by atoms with van der Waals surface area (Å²) >= 11 is 0. The summed E-state index contributed by atoms with van der Waals surface area (Å²) in [5.74, 6) is -0.163. The van der Waals surface area contributed by atoms with Gasteiger partial charge in [-0.15, -0.1) is 0 Å². The number of unbranched alkanes of at least 4 members (excludes halogenated alkanes) is 1. The molecule has 4 nitrogen and oxygen atoms in total. The molecular formula is C18H26N2O2. The van der Waals surface area contributed by atoms with Crippen LogP contribution in [0.1, 0.15) is 44.2 Å². The van der Waals surface area contributed by atoms with E-state index in [0.29, 0.717) is 19.5 Å². The van der Waals surface area contributed by atoms with Crippen molar-refractivity contribution in [3.8, 4) is 0 Å². The molecule has 1 fully saturated rings. The number of nitrogens with one attached hydrogen (secondary N) is 1. The van der Waals surface area contributed by atoms with Gasteiger partial charge in [-0.1, -0.05) is 38.5 Å². The van der Waals surface area contributed by atoms with Crippen LogP contribution in [0.15, 0.2) is 18.2 Å². The molecule has 2 amide bonds. The lowest BCUT2D eigenvalue weighted by atomic mass is 10.0. The van der Waals surface area contributed by atoms with Crippen LogP contribution in [0.2, 0.25) is 0 Å². The van der Waals surface area contributed by atoms with E-state index in [-0.39, 0.29) is 17.7 Å². The van der Waals surface area contributed by atoms with Gasteiger partial charge in [-0.3, -0.25) is 9.59 Å².